The lowest BCUT2D eigenvalue weighted by Gasteiger charge is -2.21. The summed E-state index contributed by atoms with van der Waals surface area (Å²) in [5.41, 5.74) is 1.51. The maximum atomic E-state index is 14.4. The Morgan fingerprint density at radius 1 is 1.28 bits per heavy atom. The number of aliphatic imine (C=N–C) groups is 1. The summed E-state index contributed by atoms with van der Waals surface area (Å²) in [6.45, 7) is 12.9. The van der Waals surface area contributed by atoms with Gasteiger partial charge in [0, 0.05) is 45.3 Å². The average Bonchev–Trinajstić information content (AvgIpc) is 3.24. The topological polar surface area (TPSA) is 58.1 Å². The standard InChI is InChI=1S/C22H37FN4O2/c1-4-24-22(25-11-7-12-28-16-19-10-13-29-17-19)26-15-18-8-9-21(20(23)14-18)27(5-2)6-3/h8-9,14,19H,4-7,10-13,15-17H2,1-3H3,(H2,24,25,26). The number of hydrogen-bond donors (Lipinski definition) is 2. The number of nitrogens with one attached hydrogen (secondary N) is 2. The van der Waals surface area contributed by atoms with Crippen LogP contribution in [0.4, 0.5) is 10.1 Å². The minimum absolute atomic E-state index is 0.191. The highest BCUT2D eigenvalue weighted by atomic mass is 19.1. The predicted octanol–water partition coefficient (Wildman–Crippen LogP) is 3.17. The van der Waals surface area contributed by atoms with E-state index in [9.17, 15) is 4.39 Å². The summed E-state index contributed by atoms with van der Waals surface area (Å²) in [5, 5.41) is 6.54. The Balaban J connectivity index is 1.76. The Morgan fingerprint density at radius 3 is 2.76 bits per heavy atom. The van der Waals surface area contributed by atoms with E-state index in [1.807, 2.05) is 37.8 Å². The van der Waals surface area contributed by atoms with Crippen LogP contribution < -0.4 is 15.5 Å². The number of rotatable bonds is 12. The third-order valence-electron chi connectivity index (χ3n) is 5.02. The lowest BCUT2D eigenvalue weighted by molar-refractivity contribution is 0.0888. The average molecular weight is 409 g/mol. The van der Waals surface area contributed by atoms with E-state index in [1.54, 1.807) is 6.07 Å². The summed E-state index contributed by atoms with van der Waals surface area (Å²) in [5.74, 6) is 1.10. The summed E-state index contributed by atoms with van der Waals surface area (Å²) in [6.07, 6.45) is 2.01. The summed E-state index contributed by atoms with van der Waals surface area (Å²) >= 11 is 0. The number of ether oxygens (including phenoxy) is 2. The van der Waals surface area contributed by atoms with Crippen molar-refractivity contribution in [1.29, 1.82) is 0 Å². The van der Waals surface area contributed by atoms with Crippen LogP contribution in [-0.2, 0) is 16.0 Å². The van der Waals surface area contributed by atoms with Gasteiger partial charge in [-0.1, -0.05) is 6.07 Å². The van der Waals surface area contributed by atoms with Crippen molar-refractivity contribution in [3.8, 4) is 0 Å². The van der Waals surface area contributed by atoms with Crippen LogP contribution in [-0.4, -0.2) is 58.6 Å². The molecule has 2 rings (SSSR count). The molecule has 0 amide bonds. The minimum atomic E-state index is -0.191. The lowest BCUT2D eigenvalue weighted by atomic mass is 10.1. The lowest BCUT2D eigenvalue weighted by Crippen LogP contribution is -2.38. The van der Waals surface area contributed by atoms with E-state index < -0.39 is 0 Å². The molecule has 1 heterocycles. The van der Waals surface area contributed by atoms with Crippen molar-refractivity contribution >= 4 is 11.6 Å². The monoisotopic (exact) mass is 408 g/mol. The smallest absolute Gasteiger partial charge is 0.191 e. The van der Waals surface area contributed by atoms with Gasteiger partial charge >= 0.3 is 0 Å². The molecule has 29 heavy (non-hydrogen) atoms. The fourth-order valence-corrected chi connectivity index (χ4v) is 3.33. The first kappa shape index (κ1) is 23.4. The summed E-state index contributed by atoms with van der Waals surface area (Å²) in [4.78, 5) is 6.59. The second kappa shape index (κ2) is 13.4. The summed E-state index contributed by atoms with van der Waals surface area (Å²) in [6, 6.07) is 5.38. The van der Waals surface area contributed by atoms with Crippen LogP contribution in [0.2, 0.25) is 0 Å². The van der Waals surface area contributed by atoms with Crippen LogP contribution in [0.5, 0.6) is 0 Å². The molecule has 0 saturated carbocycles. The molecule has 0 aliphatic carbocycles. The van der Waals surface area contributed by atoms with E-state index >= 15 is 0 Å². The second-order valence-electron chi connectivity index (χ2n) is 7.24. The van der Waals surface area contributed by atoms with E-state index in [1.165, 1.54) is 0 Å². The van der Waals surface area contributed by atoms with E-state index in [0.717, 1.165) is 77.0 Å². The van der Waals surface area contributed by atoms with Crippen molar-refractivity contribution < 1.29 is 13.9 Å². The van der Waals surface area contributed by atoms with Gasteiger partial charge in [-0.25, -0.2) is 9.38 Å². The van der Waals surface area contributed by atoms with Crippen LogP contribution in [0.15, 0.2) is 23.2 Å². The maximum absolute atomic E-state index is 14.4. The van der Waals surface area contributed by atoms with Gasteiger partial charge in [0.1, 0.15) is 5.82 Å². The van der Waals surface area contributed by atoms with Gasteiger partial charge in [0.2, 0.25) is 0 Å². The quantitative estimate of drug-likeness (QED) is 0.316. The molecule has 1 aromatic carbocycles. The summed E-state index contributed by atoms with van der Waals surface area (Å²) in [7, 11) is 0. The van der Waals surface area contributed by atoms with Gasteiger partial charge in [0.25, 0.3) is 0 Å². The predicted molar refractivity (Wildman–Crippen MR) is 117 cm³/mol. The van der Waals surface area contributed by atoms with Crippen LogP contribution in [0.25, 0.3) is 0 Å². The molecule has 1 atom stereocenters. The number of nitrogens with zero attached hydrogens (tertiary/aromatic N) is 2. The molecule has 1 aromatic rings. The number of halogens is 1. The van der Waals surface area contributed by atoms with Gasteiger partial charge in [-0.2, -0.15) is 0 Å². The Morgan fingerprint density at radius 2 is 2.10 bits per heavy atom. The number of hydrogen-bond acceptors (Lipinski definition) is 4. The van der Waals surface area contributed by atoms with Crippen molar-refractivity contribution in [1.82, 2.24) is 10.6 Å². The molecule has 1 unspecified atom stereocenters. The van der Waals surface area contributed by atoms with Crippen molar-refractivity contribution in [3.63, 3.8) is 0 Å². The number of guanidine groups is 1. The van der Waals surface area contributed by atoms with Gasteiger partial charge in [-0.05, 0) is 51.3 Å². The van der Waals surface area contributed by atoms with Gasteiger partial charge in [0.15, 0.2) is 5.96 Å². The van der Waals surface area contributed by atoms with Crippen molar-refractivity contribution in [2.75, 3.05) is 57.5 Å². The van der Waals surface area contributed by atoms with Crippen LogP contribution in [0.1, 0.15) is 39.2 Å². The normalized spacial score (nSPS) is 16.8. The zero-order valence-electron chi connectivity index (χ0n) is 18.2. The fourth-order valence-electron chi connectivity index (χ4n) is 3.33. The molecule has 164 valence electrons. The molecule has 0 spiro atoms. The van der Waals surface area contributed by atoms with E-state index in [4.69, 9.17) is 9.47 Å². The Kier molecular flexibility index (Phi) is 10.8. The second-order valence-corrected chi connectivity index (χ2v) is 7.24. The maximum Gasteiger partial charge on any atom is 0.191 e. The molecule has 7 heteroatoms. The fraction of sp³-hybridized carbons (Fsp3) is 0.682. The van der Waals surface area contributed by atoms with Gasteiger partial charge in [-0.15, -0.1) is 0 Å². The molecule has 0 aromatic heterocycles. The van der Waals surface area contributed by atoms with E-state index in [-0.39, 0.29) is 5.82 Å². The van der Waals surface area contributed by atoms with Crippen LogP contribution in [0, 0.1) is 11.7 Å². The SMILES string of the molecule is CCNC(=NCc1ccc(N(CC)CC)c(F)c1)NCCCOCC1CCOC1. The first-order chi connectivity index (χ1) is 14.2. The highest BCUT2D eigenvalue weighted by Gasteiger charge is 2.15. The summed E-state index contributed by atoms with van der Waals surface area (Å²) < 4.78 is 25.5. The zero-order chi connectivity index (χ0) is 20.9. The molecule has 1 aliphatic rings. The minimum Gasteiger partial charge on any atom is -0.381 e. The Labute approximate surface area is 174 Å². The molecule has 1 aliphatic heterocycles. The molecule has 0 bridgehead atoms. The number of anilines is 1. The Bertz CT molecular complexity index is 617. The van der Waals surface area contributed by atoms with Gasteiger partial charge in [0.05, 0.1) is 25.4 Å². The first-order valence-electron chi connectivity index (χ1n) is 10.9. The van der Waals surface area contributed by atoms with E-state index in [2.05, 4.69) is 15.6 Å². The van der Waals surface area contributed by atoms with Crippen LogP contribution in [0.3, 0.4) is 0 Å². The zero-order valence-corrected chi connectivity index (χ0v) is 18.2. The van der Waals surface area contributed by atoms with Gasteiger partial charge in [-0.3, -0.25) is 0 Å². The van der Waals surface area contributed by atoms with Crippen molar-refractivity contribution in [3.05, 3.63) is 29.6 Å². The molecule has 1 saturated heterocycles. The molecular weight excluding hydrogens is 371 g/mol. The largest absolute Gasteiger partial charge is 0.381 e. The van der Waals surface area contributed by atoms with E-state index in [0.29, 0.717) is 18.2 Å². The number of benzene rings is 1. The first-order valence-corrected chi connectivity index (χ1v) is 10.9. The molecule has 0 radical (unpaired) electrons. The van der Waals surface area contributed by atoms with Crippen molar-refractivity contribution in [2.45, 2.75) is 40.2 Å². The van der Waals surface area contributed by atoms with Gasteiger partial charge < -0.3 is 25.0 Å². The third-order valence-corrected chi connectivity index (χ3v) is 5.02. The molecule has 2 N–H and O–H groups in total. The highest BCUT2D eigenvalue weighted by Crippen LogP contribution is 2.20. The molecule has 6 nitrogen and oxygen atoms in total. The third kappa shape index (κ3) is 8.19. The molecular formula is C22H37FN4O2. The Hall–Kier alpha value is -1.86. The van der Waals surface area contributed by atoms with Crippen LogP contribution >= 0.6 is 0 Å². The van der Waals surface area contributed by atoms with Crippen molar-refractivity contribution in [2.24, 2.45) is 10.9 Å². The highest BCUT2D eigenvalue weighted by molar-refractivity contribution is 5.79. The molecule has 1 fully saturated rings.